The second-order valence-electron chi connectivity index (χ2n) is 6.25. The summed E-state index contributed by atoms with van der Waals surface area (Å²) in [5, 5.41) is 0.674. The van der Waals surface area contributed by atoms with Crippen LogP contribution in [0.4, 0.5) is 5.82 Å². The van der Waals surface area contributed by atoms with Crippen LogP contribution in [0.3, 0.4) is 0 Å². The van der Waals surface area contributed by atoms with Crippen LogP contribution in [0.25, 0.3) is 16.7 Å². The van der Waals surface area contributed by atoms with Gasteiger partial charge >= 0.3 is 0 Å². The van der Waals surface area contributed by atoms with Crippen LogP contribution in [0.5, 0.6) is 0 Å². The summed E-state index contributed by atoms with van der Waals surface area (Å²) >= 11 is 0. The monoisotopic (exact) mass is 323 g/mol. The minimum Gasteiger partial charge on any atom is -0.378 e. The van der Waals surface area contributed by atoms with Gasteiger partial charge in [0, 0.05) is 30.5 Å². The second kappa shape index (κ2) is 6.24. The van der Waals surface area contributed by atoms with Gasteiger partial charge < -0.3 is 9.64 Å². The van der Waals surface area contributed by atoms with E-state index in [1.165, 1.54) is 5.70 Å². The van der Waals surface area contributed by atoms with Crippen LogP contribution >= 0.6 is 0 Å². The highest BCUT2D eigenvalue weighted by molar-refractivity contribution is 5.82. The fraction of sp³-hybridized carbons (Fsp3) is 0.368. The van der Waals surface area contributed by atoms with Crippen molar-refractivity contribution in [2.24, 2.45) is 0 Å². The summed E-state index contributed by atoms with van der Waals surface area (Å²) in [6, 6.07) is 5.54. The molecular weight excluding hydrogens is 302 g/mol. The van der Waals surface area contributed by atoms with Crippen LogP contribution in [0.15, 0.2) is 41.2 Å². The van der Waals surface area contributed by atoms with E-state index in [4.69, 9.17) is 9.72 Å². The minimum atomic E-state index is 0.0298. The van der Waals surface area contributed by atoms with Crippen molar-refractivity contribution < 1.29 is 4.74 Å². The lowest BCUT2D eigenvalue weighted by Gasteiger charge is -2.32. The highest BCUT2D eigenvalue weighted by Gasteiger charge is 2.20. The van der Waals surface area contributed by atoms with E-state index >= 15 is 0 Å². The molecule has 1 fully saturated rings. The number of morpholine rings is 1. The fourth-order valence-electron chi connectivity index (χ4n) is 3.36. The summed E-state index contributed by atoms with van der Waals surface area (Å²) in [6.45, 7) is 4.92. The van der Waals surface area contributed by atoms with Crippen LogP contribution in [-0.2, 0) is 4.74 Å². The van der Waals surface area contributed by atoms with Gasteiger partial charge in [-0.25, -0.2) is 4.98 Å². The van der Waals surface area contributed by atoms with Crippen LogP contribution in [0, 0.1) is 6.92 Å². The molecule has 24 heavy (non-hydrogen) atoms. The molecule has 0 bridgehead atoms. The molecule has 2 aromatic heterocycles. The van der Waals surface area contributed by atoms with E-state index in [1.54, 1.807) is 6.07 Å². The Balaban J connectivity index is 2.01. The summed E-state index contributed by atoms with van der Waals surface area (Å²) in [7, 11) is 0. The zero-order valence-electron chi connectivity index (χ0n) is 13.9. The standard InChI is InChI=1S/C19H21N3O2/c1-14-7-8-16-17(23)13-18(21-9-11-24-12-10-21)22(19(16)20-14)15-5-3-2-4-6-15/h2-3,5,7-8,13H,4,6,9-12H2,1H3. The molecule has 1 aliphatic carbocycles. The van der Waals surface area contributed by atoms with E-state index in [9.17, 15) is 4.79 Å². The quantitative estimate of drug-likeness (QED) is 0.852. The molecule has 0 radical (unpaired) electrons. The second-order valence-corrected chi connectivity index (χ2v) is 6.25. The number of rotatable bonds is 2. The van der Waals surface area contributed by atoms with E-state index < -0.39 is 0 Å². The highest BCUT2D eigenvalue weighted by Crippen LogP contribution is 2.28. The van der Waals surface area contributed by atoms with E-state index in [0.29, 0.717) is 18.6 Å². The van der Waals surface area contributed by atoms with Crippen molar-refractivity contribution in [3.63, 3.8) is 0 Å². The first-order chi connectivity index (χ1) is 11.7. The molecule has 0 unspecified atom stereocenters. The van der Waals surface area contributed by atoms with Crippen LogP contribution in [0.2, 0.25) is 0 Å². The average molecular weight is 323 g/mol. The molecule has 4 rings (SSSR count). The van der Waals surface area contributed by atoms with Gasteiger partial charge in [-0.3, -0.25) is 9.36 Å². The molecule has 1 aliphatic heterocycles. The Morgan fingerprint density at radius 1 is 1.21 bits per heavy atom. The molecule has 0 amide bonds. The van der Waals surface area contributed by atoms with E-state index in [-0.39, 0.29) is 5.43 Å². The number of aryl methyl sites for hydroxylation is 1. The molecule has 0 spiro atoms. The largest absolute Gasteiger partial charge is 0.378 e. The molecule has 5 heteroatoms. The van der Waals surface area contributed by atoms with Gasteiger partial charge in [0.15, 0.2) is 5.43 Å². The molecule has 2 aliphatic rings. The molecule has 1 saturated heterocycles. The number of hydrogen-bond donors (Lipinski definition) is 0. The van der Waals surface area contributed by atoms with Crippen LogP contribution in [-0.4, -0.2) is 35.9 Å². The Hall–Kier alpha value is -2.40. The lowest BCUT2D eigenvalue weighted by Crippen LogP contribution is -2.38. The molecule has 2 aromatic rings. The zero-order chi connectivity index (χ0) is 16.5. The maximum Gasteiger partial charge on any atom is 0.193 e. The third kappa shape index (κ3) is 2.65. The zero-order valence-corrected chi connectivity index (χ0v) is 13.9. The van der Waals surface area contributed by atoms with Gasteiger partial charge in [-0.2, -0.15) is 0 Å². The van der Waals surface area contributed by atoms with Gasteiger partial charge in [0.05, 0.1) is 18.6 Å². The number of nitrogens with zero attached hydrogens (tertiary/aromatic N) is 3. The lowest BCUT2D eigenvalue weighted by molar-refractivity contribution is 0.122. The van der Waals surface area contributed by atoms with Crippen molar-refractivity contribution in [1.82, 2.24) is 9.55 Å². The molecule has 0 aromatic carbocycles. The van der Waals surface area contributed by atoms with Crippen LogP contribution < -0.4 is 10.3 Å². The average Bonchev–Trinajstić information content (AvgIpc) is 2.63. The Kier molecular flexibility index (Phi) is 3.94. The van der Waals surface area contributed by atoms with Crippen molar-refractivity contribution in [2.75, 3.05) is 31.2 Å². The predicted octanol–water partition coefficient (Wildman–Crippen LogP) is 2.73. The molecule has 0 atom stereocenters. The Bertz CT molecular complexity index is 889. The number of ether oxygens (including phenoxy) is 1. The van der Waals surface area contributed by atoms with Crippen molar-refractivity contribution in [3.8, 4) is 0 Å². The number of aromatic nitrogens is 2. The van der Waals surface area contributed by atoms with Crippen molar-refractivity contribution >= 4 is 22.5 Å². The van der Waals surface area contributed by atoms with Gasteiger partial charge in [-0.15, -0.1) is 0 Å². The Morgan fingerprint density at radius 2 is 2.04 bits per heavy atom. The highest BCUT2D eigenvalue weighted by atomic mass is 16.5. The van der Waals surface area contributed by atoms with Crippen molar-refractivity contribution in [3.05, 3.63) is 52.3 Å². The summed E-state index contributed by atoms with van der Waals surface area (Å²) in [5.41, 5.74) is 2.89. The smallest absolute Gasteiger partial charge is 0.193 e. The van der Waals surface area contributed by atoms with E-state index in [0.717, 1.165) is 43.1 Å². The normalized spacial score (nSPS) is 18.0. The van der Waals surface area contributed by atoms with Gasteiger partial charge in [-0.05, 0) is 38.0 Å². The summed E-state index contributed by atoms with van der Waals surface area (Å²) < 4.78 is 7.64. The summed E-state index contributed by atoms with van der Waals surface area (Å²) in [6.07, 6.45) is 8.33. The first-order valence-corrected chi connectivity index (χ1v) is 8.46. The van der Waals surface area contributed by atoms with Crippen molar-refractivity contribution in [2.45, 2.75) is 19.8 Å². The summed E-state index contributed by atoms with van der Waals surface area (Å²) in [5.74, 6) is 0.926. The predicted molar refractivity (Wildman–Crippen MR) is 96.4 cm³/mol. The van der Waals surface area contributed by atoms with Gasteiger partial charge in [0.25, 0.3) is 0 Å². The minimum absolute atomic E-state index is 0.0298. The van der Waals surface area contributed by atoms with Gasteiger partial charge in [0.1, 0.15) is 11.5 Å². The van der Waals surface area contributed by atoms with E-state index in [2.05, 4.69) is 27.7 Å². The first kappa shape index (κ1) is 15.1. The molecule has 3 heterocycles. The number of hydrogen-bond acceptors (Lipinski definition) is 4. The first-order valence-electron chi connectivity index (χ1n) is 8.46. The van der Waals surface area contributed by atoms with Crippen LogP contribution in [0.1, 0.15) is 18.5 Å². The number of fused-ring (bicyclic) bond motifs is 1. The fourth-order valence-corrected chi connectivity index (χ4v) is 3.36. The Labute approximate surface area is 140 Å². The topological polar surface area (TPSA) is 47.4 Å². The molecular formula is C19H21N3O2. The molecule has 0 N–H and O–H groups in total. The number of anilines is 1. The Morgan fingerprint density at radius 3 is 2.79 bits per heavy atom. The SMILES string of the molecule is Cc1ccc2c(=O)cc(N3CCOCC3)n(C3=CC=CCC3)c2n1. The molecule has 0 saturated carbocycles. The van der Waals surface area contributed by atoms with Gasteiger partial charge in [-0.1, -0.05) is 12.2 Å². The summed E-state index contributed by atoms with van der Waals surface area (Å²) in [4.78, 5) is 19.6. The molecule has 124 valence electrons. The maximum atomic E-state index is 12.6. The third-order valence-electron chi connectivity index (χ3n) is 4.60. The van der Waals surface area contributed by atoms with Crippen molar-refractivity contribution in [1.29, 1.82) is 0 Å². The number of allylic oxidation sites excluding steroid dienone is 4. The molecule has 5 nitrogen and oxygen atoms in total. The maximum absolute atomic E-state index is 12.6. The van der Waals surface area contributed by atoms with E-state index in [1.807, 2.05) is 19.1 Å². The number of pyridine rings is 2. The third-order valence-corrected chi connectivity index (χ3v) is 4.60. The van der Waals surface area contributed by atoms with Gasteiger partial charge in [0.2, 0.25) is 0 Å². The lowest BCUT2D eigenvalue weighted by atomic mass is 10.1.